The quantitative estimate of drug-likeness (QED) is 0.730. The third-order valence-corrected chi connectivity index (χ3v) is 2.78. The summed E-state index contributed by atoms with van der Waals surface area (Å²) < 4.78 is 1.84. The van der Waals surface area contributed by atoms with Crippen LogP contribution in [0.3, 0.4) is 0 Å². The summed E-state index contributed by atoms with van der Waals surface area (Å²) in [5, 5.41) is 4.28. The molecule has 0 saturated heterocycles. The van der Waals surface area contributed by atoms with Crippen molar-refractivity contribution in [1.29, 1.82) is 0 Å². The average molecular weight is 243 g/mol. The van der Waals surface area contributed by atoms with Crippen LogP contribution in [0.2, 0.25) is 0 Å². The minimum absolute atomic E-state index is 0.423. The second kappa shape index (κ2) is 4.09. The van der Waals surface area contributed by atoms with Crippen LogP contribution in [0.25, 0.3) is 6.08 Å². The van der Waals surface area contributed by atoms with Crippen LogP contribution in [0.5, 0.6) is 0 Å². The van der Waals surface area contributed by atoms with E-state index in [1.54, 1.807) is 0 Å². The van der Waals surface area contributed by atoms with Crippen molar-refractivity contribution in [2.75, 3.05) is 0 Å². The number of rotatable bonds is 2. The van der Waals surface area contributed by atoms with Crippen molar-refractivity contribution in [3.63, 3.8) is 0 Å². The minimum Gasteiger partial charge on any atom is -0.275 e. The Labute approximate surface area is 87.8 Å². The molecule has 1 heterocycles. The maximum atomic E-state index is 4.28. The zero-order valence-electron chi connectivity index (χ0n) is 8.50. The third-order valence-electron chi connectivity index (χ3n) is 2.06. The molecule has 0 radical (unpaired) electrons. The lowest BCUT2D eigenvalue weighted by Gasteiger charge is -2.01. The van der Waals surface area contributed by atoms with Crippen LogP contribution < -0.4 is 0 Å². The first-order valence-electron chi connectivity index (χ1n) is 4.33. The van der Waals surface area contributed by atoms with Gasteiger partial charge in [-0.15, -0.1) is 0 Å². The number of nitrogens with zero attached hydrogens (tertiary/aromatic N) is 2. The molecule has 1 atom stereocenters. The molecule has 0 N–H and O–H groups in total. The summed E-state index contributed by atoms with van der Waals surface area (Å²) >= 11 is 3.53. The molecular weight excluding hydrogens is 228 g/mol. The van der Waals surface area contributed by atoms with Gasteiger partial charge in [-0.05, 0) is 20.8 Å². The number of hydrogen-bond donors (Lipinski definition) is 0. The monoisotopic (exact) mass is 242 g/mol. The summed E-state index contributed by atoms with van der Waals surface area (Å²) in [5.74, 6) is 0. The smallest absolute Gasteiger partial charge is 0.0665 e. The van der Waals surface area contributed by atoms with Crippen molar-refractivity contribution in [1.82, 2.24) is 9.78 Å². The van der Waals surface area contributed by atoms with E-state index in [0.717, 1.165) is 5.69 Å². The number of allylic oxidation sites excluding steroid dienone is 1. The Kier molecular flexibility index (Phi) is 3.31. The Morgan fingerprint density at radius 3 is 2.69 bits per heavy atom. The summed E-state index contributed by atoms with van der Waals surface area (Å²) in [4.78, 5) is 0.423. The zero-order valence-corrected chi connectivity index (χ0v) is 10.1. The van der Waals surface area contributed by atoms with Gasteiger partial charge >= 0.3 is 0 Å². The Hall–Kier alpha value is -0.570. The molecule has 13 heavy (non-hydrogen) atoms. The zero-order chi connectivity index (χ0) is 10.0. The molecule has 0 bridgehead atoms. The molecule has 2 nitrogen and oxygen atoms in total. The van der Waals surface area contributed by atoms with Gasteiger partial charge in [0.1, 0.15) is 0 Å². The second-order valence-electron chi connectivity index (χ2n) is 3.35. The lowest BCUT2D eigenvalue weighted by Crippen LogP contribution is -1.90. The van der Waals surface area contributed by atoms with E-state index in [9.17, 15) is 0 Å². The number of aryl methyl sites for hydroxylation is 2. The van der Waals surface area contributed by atoms with Crippen LogP contribution in [0, 0.1) is 6.92 Å². The predicted octanol–water partition coefficient (Wildman–Crippen LogP) is 2.92. The van der Waals surface area contributed by atoms with E-state index >= 15 is 0 Å². The third kappa shape index (κ3) is 2.69. The molecule has 0 saturated carbocycles. The highest BCUT2D eigenvalue weighted by Gasteiger charge is 2.02. The van der Waals surface area contributed by atoms with Gasteiger partial charge < -0.3 is 0 Å². The molecule has 0 fully saturated rings. The Balaban J connectivity index is 2.96. The summed E-state index contributed by atoms with van der Waals surface area (Å²) in [6.45, 7) is 6.27. The van der Waals surface area contributed by atoms with Crippen molar-refractivity contribution in [2.24, 2.45) is 7.05 Å². The van der Waals surface area contributed by atoms with E-state index in [1.807, 2.05) is 24.9 Å². The molecule has 3 heteroatoms. The molecule has 0 spiro atoms. The predicted molar refractivity (Wildman–Crippen MR) is 60.0 cm³/mol. The van der Waals surface area contributed by atoms with Gasteiger partial charge in [0.05, 0.1) is 5.69 Å². The molecular formula is C10H15BrN2. The summed E-state index contributed by atoms with van der Waals surface area (Å²) in [7, 11) is 1.94. The second-order valence-corrected chi connectivity index (χ2v) is 4.72. The standard InChI is InChI=1S/C10H15BrN2/c1-7(8(2)11)5-10-6-13(4)12-9(10)3/h5-6,8H,1-4H3/b7-5+. The molecule has 0 aliphatic heterocycles. The van der Waals surface area contributed by atoms with E-state index in [-0.39, 0.29) is 0 Å². The molecule has 1 aromatic heterocycles. The van der Waals surface area contributed by atoms with E-state index in [1.165, 1.54) is 11.1 Å². The SMILES string of the molecule is C/C(=C\c1cn(C)nc1C)C(C)Br. The number of aromatic nitrogens is 2. The lowest BCUT2D eigenvalue weighted by molar-refractivity contribution is 0.756. The van der Waals surface area contributed by atoms with Crippen LogP contribution in [0.15, 0.2) is 11.8 Å². The van der Waals surface area contributed by atoms with Crippen molar-refractivity contribution in [2.45, 2.75) is 25.6 Å². The maximum Gasteiger partial charge on any atom is 0.0665 e. The molecule has 1 unspecified atom stereocenters. The van der Waals surface area contributed by atoms with Crippen LogP contribution >= 0.6 is 15.9 Å². The minimum atomic E-state index is 0.423. The van der Waals surface area contributed by atoms with Gasteiger partial charge in [0.2, 0.25) is 0 Å². The topological polar surface area (TPSA) is 17.8 Å². The van der Waals surface area contributed by atoms with E-state index in [4.69, 9.17) is 0 Å². The van der Waals surface area contributed by atoms with Gasteiger partial charge in [-0.1, -0.05) is 27.6 Å². The Bertz CT molecular complexity index is 324. The molecule has 0 aliphatic rings. The molecule has 0 amide bonds. The molecule has 0 aliphatic carbocycles. The molecule has 72 valence electrons. The first kappa shape index (κ1) is 10.5. The van der Waals surface area contributed by atoms with Gasteiger partial charge in [0.15, 0.2) is 0 Å². The van der Waals surface area contributed by atoms with Crippen LogP contribution in [-0.2, 0) is 7.05 Å². The Morgan fingerprint density at radius 2 is 2.31 bits per heavy atom. The van der Waals surface area contributed by atoms with Crippen molar-refractivity contribution in [3.05, 3.63) is 23.0 Å². The van der Waals surface area contributed by atoms with Gasteiger partial charge in [-0.25, -0.2) is 0 Å². The first-order chi connectivity index (χ1) is 6.00. The van der Waals surface area contributed by atoms with Crippen LogP contribution in [0.4, 0.5) is 0 Å². The number of hydrogen-bond acceptors (Lipinski definition) is 1. The fraction of sp³-hybridized carbons (Fsp3) is 0.500. The average Bonchev–Trinajstić information content (AvgIpc) is 2.30. The maximum absolute atomic E-state index is 4.28. The fourth-order valence-corrected chi connectivity index (χ4v) is 1.25. The highest BCUT2D eigenvalue weighted by Crippen LogP contribution is 2.16. The summed E-state index contributed by atoms with van der Waals surface area (Å²) in [6.07, 6.45) is 4.20. The molecule has 1 rings (SSSR count). The Morgan fingerprint density at radius 1 is 1.69 bits per heavy atom. The molecule has 0 aromatic carbocycles. The van der Waals surface area contributed by atoms with Crippen molar-refractivity contribution < 1.29 is 0 Å². The van der Waals surface area contributed by atoms with Gasteiger partial charge in [-0.2, -0.15) is 5.10 Å². The largest absolute Gasteiger partial charge is 0.275 e. The molecule has 1 aromatic rings. The number of halogens is 1. The highest BCUT2D eigenvalue weighted by atomic mass is 79.9. The first-order valence-corrected chi connectivity index (χ1v) is 5.24. The van der Waals surface area contributed by atoms with Gasteiger partial charge in [0.25, 0.3) is 0 Å². The summed E-state index contributed by atoms with van der Waals surface area (Å²) in [5.41, 5.74) is 3.59. The highest BCUT2D eigenvalue weighted by molar-refractivity contribution is 9.09. The number of alkyl halides is 1. The van der Waals surface area contributed by atoms with E-state index in [2.05, 4.69) is 41.0 Å². The lowest BCUT2D eigenvalue weighted by atomic mass is 10.1. The van der Waals surface area contributed by atoms with Crippen LogP contribution in [-0.4, -0.2) is 14.6 Å². The summed E-state index contributed by atoms with van der Waals surface area (Å²) in [6, 6.07) is 0. The normalized spacial score (nSPS) is 14.7. The van der Waals surface area contributed by atoms with E-state index < -0.39 is 0 Å². The fourth-order valence-electron chi connectivity index (χ4n) is 1.12. The van der Waals surface area contributed by atoms with Gasteiger partial charge in [-0.3, -0.25) is 4.68 Å². The van der Waals surface area contributed by atoms with Crippen LogP contribution in [0.1, 0.15) is 25.1 Å². The van der Waals surface area contributed by atoms with Gasteiger partial charge in [0, 0.05) is 23.6 Å². The van der Waals surface area contributed by atoms with E-state index in [0.29, 0.717) is 4.83 Å². The van der Waals surface area contributed by atoms with Crippen molar-refractivity contribution in [3.8, 4) is 0 Å². The van der Waals surface area contributed by atoms with Crippen molar-refractivity contribution >= 4 is 22.0 Å².